The minimum absolute atomic E-state index is 0.521. The summed E-state index contributed by atoms with van der Waals surface area (Å²) in [6.45, 7) is 2.85. The van der Waals surface area contributed by atoms with Gasteiger partial charge in [-0.05, 0) is 42.5 Å². The summed E-state index contributed by atoms with van der Waals surface area (Å²) in [6.07, 6.45) is 7.72. The van der Waals surface area contributed by atoms with E-state index in [1.165, 1.54) is 0 Å². The Morgan fingerprint density at radius 3 is 2.58 bits per heavy atom. The smallest absolute Gasteiger partial charge is 0.135 e. The van der Waals surface area contributed by atoms with Crippen LogP contribution in [0.15, 0.2) is 48.5 Å². The Morgan fingerprint density at radius 2 is 1.83 bits per heavy atom. The van der Waals surface area contributed by atoms with Crippen molar-refractivity contribution in [1.82, 2.24) is 0 Å². The molecular weight excluding hydrogens is 300 g/mol. The first-order valence-electron chi connectivity index (χ1n) is 8.33. The molecule has 0 unspecified atom stereocenters. The highest BCUT2D eigenvalue weighted by molar-refractivity contribution is 5.49. The lowest BCUT2D eigenvalue weighted by Crippen LogP contribution is -2.21. The number of terminal acetylenes is 1. The van der Waals surface area contributed by atoms with Crippen LogP contribution in [0.3, 0.4) is 0 Å². The van der Waals surface area contributed by atoms with Crippen molar-refractivity contribution in [3.05, 3.63) is 59.7 Å². The highest BCUT2D eigenvalue weighted by Crippen LogP contribution is 2.26. The van der Waals surface area contributed by atoms with Crippen LogP contribution < -0.4 is 9.47 Å². The first-order chi connectivity index (χ1) is 11.8. The summed E-state index contributed by atoms with van der Waals surface area (Å²) in [5.41, 5.74) is 1.85. The van der Waals surface area contributed by atoms with Crippen LogP contribution in [0.5, 0.6) is 11.5 Å². The standard InChI is InChI=1S/C21H22O3/c1-2-19-14-20(23-15-17-6-4-3-5-7-17)8-9-21(19)24-16-18-10-12-22-13-11-18/h1,3-9,14,18H,10-13,15-16H2. The number of rotatable bonds is 6. The lowest BCUT2D eigenvalue weighted by Gasteiger charge is -2.22. The summed E-state index contributed by atoms with van der Waals surface area (Å²) < 4.78 is 17.1. The van der Waals surface area contributed by atoms with E-state index in [-0.39, 0.29) is 0 Å². The third-order valence-electron chi connectivity index (χ3n) is 4.17. The lowest BCUT2D eigenvalue weighted by atomic mass is 10.0. The van der Waals surface area contributed by atoms with Gasteiger partial charge in [-0.2, -0.15) is 0 Å². The van der Waals surface area contributed by atoms with Crippen molar-refractivity contribution in [1.29, 1.82) is 0 Å². The van der Waals surface area contributed by atoms with Crippen LogP contribution in [0.4, 0.5) is 0 Å². The second-order valence-electron chi connectivity index (χ2n) is 5.94. The minimum atomic E-state index is 0.521. The fourth-order valence-corrected chi connectivity index (χ4v) is 2.70. The Kier molecular flexibility index (Phi) is 5.76. The molecule has 1 fully saturated rings. The molecule has 0 bridgehead atoms. The van der Waals surface area contributed by atoms with Crippen LogP contribution in [0.25, 0.3) is 0 Å². The largest absolute Gasteiger partial charge is 0.492 e. The molecular formula is C21H22O3. The SMILES string of the molecule is C#Cc1cc(OCc2ccccc2)ccc1OCC1CCOCC1. The Bertz CT molecular complexity index is 682. The number of hydrogen-bond acceptors (Lipinski definition) is 3. The van der Waals surface area contributed by atoms with E-state index in [0.717, 1.165) is 48.7 Å². The third-order valence-corrected chi connectivity index (χ3v) is 4.17. The summed E-state index contributed by atoms with van der Waals surface area (Å²) in [6, 6.07) is 15.7. The third kappa shape index (κ3) is 4.53. The van der Waals surface area contributed by atoms with Gasteiger partial charge in [0.1, 0.15) is 18.1 Å². The number of ether oxygens (including phenoxy) is 3. The highest BCUT2D eigenvalue weighted by atomic mass is 16.5. The molecule has 3 rings (SSSR count). The quantitative estimate of drug-likeness (QED) is 0.751. The minimum Gasteiger partial charge on any atom is -0.492 e. The van der Waals surface area contributed by atoms with Crippen molar-refractivity contribution in [2.75, 3.05) is 19.8 Å². The molecule has 1 aliphatic rings. The van der Waals surface area contributed by atoms with Crippen molar-refractivity contribution in [3.8, 4) is 23.8 Å². The van der Waals surface area contributed by atoms with Crippen molar-refractivity contribution < 1.29 is 14.2 Å². The molecule has 24 heavy (non-hydrogen) atoms. The molecule has 3 heteroatoms. The molecule has 1 heterocycles. The van der Waals surface area contributed by atoms with Crippen molar-refractivity contribution in [2.24, 2.45) is 5.92 Å². The van der Waals surface area contributed by atoms with Crippen LogP contribution in [-0.2, 0) is 11.3 Å². The van der Waals surface area contributed by atoms with Crippen molar-refractivity contribution in [3.63, 3.8) is 0 Å². The maximum atomic E-state index is 5.93. The molecule has 0 aliphatic carbocycles. The van der Waals surface area contributed by atoms with Crippen LogP contribution in [0.2, 0.25) is 0 Å². The van der Waals surface area contributed by atoms with E-state index in [2.05, 4.69) is 5.92 Å². The normalized spacial score (nSPS) is 14.8. The van der Waals surface area contributed by atoms with E-state index < -0.39 is 0 Å². The molecule has 2 aromatic carbocycles. The zero-order chi connectivity index (χ0) is 16.6. The summed E-state index contributed by atoms with van der Waals surface area (Å²) in [7, 11) is 0. The Morgan fingerprint density at radius 1 is 1.04 bits per heavy atom. The van der Waals surface area contributed by atoms with E-state index in [0.29, 0.717) is 19.1 Å². The predicted molar refractivity (Wildman–Crippen MR) is 94.2 cm³/mol. The van der Waals surface area contributed by atoms with Gasteiger partial charge >= 0.3 is 0 Å². The average molecular weight is 322 g/mol. The summed E-state index contributed by atoms with van der Waals surface area (Å²) in [5.74, 6) is 4.73. The van der Waals surface area contributed by atoms with Gasteiger partial charge in [-0.15, -0.1) is 6.42 Å². The maximum absolute atomic E-state index is 5.93. The van der Waals surface area contributed by atoms with Gasteiger partial charge in [0.25, 0.3) is 0 Å². The summed E-state index contributed by atoms with van der Waals surface area (Å²) >= 11 is 0. The van der Waals surface area contributed by atoms with Crippen LogP contribution >= 0.6 is 0 Å². The molecule has 0 amide bonds. The summed E-state index contributed by atoms with van der Waals surface area (Å²) in [5, 5.41) is 0. The molecule has 124 valence electrons. The molecule has 0 spiro atoms. The molecule has 0 N–H and O–H groups in total. The molecule has 2 aromatic rings. The fraction of sp³-hybridized carbons (Fsp3) is 0.333. The first-order valence-corrected chi connectivity index (χ1v) is 8.33. The van der Waals surface area contributed by atoms with E-state index in [4.69, 9.17) is 20.6 Å². The monoisotopic (exact) mass is 322 g/mol. The summed E-state index contributed by atoms with van der Waals surface area (Å²) in [4.78, 5) is 0. The van der Waals surface area contributed by atoms with E-state index in [9.17, 15) is 0 Å². The highest BCUT2D eigenvalue weighted by Gasteiger charge is 2.15. The zero-order valence-corrected chi connectivity index (χ0v) is 13.7. The van der Waals surface area contributed by atoms with Gasteiger partial charge in [-0.25, -0.2) is 0 Å². The van der Waals surface area contributed by atoms with E-state index >= 15 is 0 Å². The van der Waals surface area contributed by atoms with E-state index in [1.807, 2.05) is 48.5 Å². The second-order valence-corrected chi connectivity index (χ2v) is 5.94. The number of benzene rings is 2. The molecule has 0 aromatic heterocycles. The Hall–Kier alpha value is -2.44. The molecule has 0 radical (unpaired) electrons. The van der Waals surface area contributed by atoms with Crippen molar-refractivity contribution in [2.45, 2.75) is 19.4 Å². The van der Waals surface area contributed by atoms with Gasteiger partial charge in [0, 0.05) is 13.2 Å². The van der Waals surface area contributed by atoms with Crippen LogP contribution in [0.1, 0.15) is 24.0 Å². The van der Waals surface area contributed by atoms with Gasteiger partial charge in [-0.1, -0.05) is 36.3 Å². The second kappa shape index (κ2) is 8.42. The molecule has 1 saturated heterocycles. The first kappa shape index (κ1) is 16.4. The van der Waals surface area contributed by atoms with Gasteiger partial charge in [0.05, 0.1) is 12.2 Å². The van der Waals surface area contributed by atoms with E-state index in [1.54, 1.807) is 0 Å². The zero-order valence-electron chi connectivity index (χ0n) is 13.7. The Labute approximate surface area is 143 Å². The average Bonchev–Trinajstić information content (AvgIpc) is 2.66. The van der Waals surface area contributed by atoms with Gasteiger partial charge in [0.2, 0.25) is 0 Å². The molecule has 0 atom stereocenters. The van der Waals surface area contributed by atoms with Crippen LogP contribution in [0, 0.1) is 18.3 Å². The van der Waals surface area contributed by atoms with Crippen molar-refractivity contribution >= 4 is 0 Å². The molecule has 1 aliphatic heterocycles. The van der Waals surface area contributed by atoms with Gasteiger partial charge < -0.3 is 14.2 Å². The Balaban J connectivity index is 1.59. The maximum Gasteiger partial charge on any atom is 0.135 e. The molecule has 3 nitrogen and oxygen atoms in total. The fourth-order valence-electron chi connectivity index (χ4n) is 2.70. The van der Waals surface area contributed by atoms with Crippen LogP contribution in [-0.4, -0.2) is 19.8 Å². The predicted octanol–water partition coefficient (Wildman–Crippen LogP) is 4.05. The topological polar surface area (TPSA) is 27.7 Å². The van der Waals surface area contributed by atoms with Gasteiger partial charge in [-0.3, -0.25) is 0 Å². The van der Waals surface area contributed by atoms with Gasteiger partial charge in [0.15, 0.2) is 0 Å². The molecule has 0 saturated carbocycles. The number of hydrogen-bond donors (Lipinski definition) is 0. The lowest BCUT2D eigenvalue weighted by molar-refractivity contribution is 0.0497.